The van der Waals surface area contributed by atoms with Crippen LogP contribution in [0.25, 0.3) is 5.69 Å². The third-order valence-corrected chi connectivity index (χ3v) is 2.69. The van der Waals surface area contributed by atoms with Crippen LogP contribution in [-0.2, 0) is 11.2 Å². The van der Waals surface area contributed by atoms with E-state index in [0.29, 0.717) is 12.8 Å². The maximum atomic E-state index is 11.4. The van der Waals surface area contributed by atoms with Gasteiger partial charge in [-0.05, 0) is 24.1 Å². The van der Waals surface area contributed by atoms with Crippen LogP contribution in [0, 0.1) is 12.3 Å². The van der Waals surface area contributed by atoms with Crippen molar-refractivity contribution in [2.45, 2.75) is 12.8 Å². The van der Waals surface area contributed by atoms with E-state index in [0.717, 1.165) is 11.3 Å². The monoisotopic (exact) mass is 253 g/mol. The standard InChI is InChI=1S/C15H15N3O/c1-2-10-16-15(19)9-8-13-11-17-18(12-13)14-6-4-3-5-7-14/h1,3-7,11-12H,8-10H2,(H,16,19). The highest BCUT2D eigenvalue weighted by molar-refractivity contribution is 5.76. The zero-order valence-electron chi connectivity index (χ0n) is 10.5. The van der Waals surface area contributed by atoms with E-state index in [1.165, 1.54) is 0 Å². The van der Waals surface area contributed by atoms with E-state index in [9.17, 15) is 4.79 Å². The van der Waals surface area contributed by atoms with Crippen LogP contribution >= 0.6 is 0 Å². The van der Waals surface area contributed by atoms with Gasteiger partial charge >= 0.3 is 0 Å². The molecule has 1 amide bonds. The number of hydrogen-bond donors (Lipinski definition) is 1. The average molecular weight is 253 g/mol. The molecule has 4 heteroatoms. The molecule has 2 aromatic rings. The Labute approximate surface area is 112 Å². The third-order valence-electron chi connectivity index (χ3n) is 2.69. The van der Waals surface area contributed by atoms with Gasteiger partial charge in [0.1, 0.15) is 0 Å². The molecule has 0 saturated carbocycles. The number of hydrogen-bond acceptors (Lipinski definition) is 2. The van der Waals surface area contributed by atoms with Crippen LogP contribution in [0.3, 0.4) is 0 Å². The van der Waals surface area contributed by atoms with Crippen LogP contribution < -0.4 is 5.32 Å². The molecule has 1 N–H and O–H groups in total. The van der Waals surface area contributed by atoms with Gasteiger partial charge in [-0.1, -0.05) is 24.1 Å². The summed E-state index contributed by atoms with van der Waals surface area (Å²) in [6.45, 7) is 0.280. The summed E-state index contributed by atoms with van der Waals surface area (Å²) in [6.07, 6.45) is 9.86. The lowest BCUT2D eigenvalue weighted by atomic mass is 10.2. The van der Waals surface area contributed by atoms with Crippen molar-refractivity contribution in [3.8, 4) is 18.0 Å². The van der Waals surface area contributed by atoms with Gasteiger partial charge in [-0.25, -0.2) is 4.68 Å². The number of terminal acetylenes is 1. The number of aryl methyl sites for hydroxylation is 1. The number of carbonyl (C=O) groups excluding carboxylic acids is 1. The lowest BCUT2D eigenvalue weighted by molar-refractivity contribution is -0.120. The average Bonchev–Trinajstić information content (AvgIpc) is 2.93. The minimum atomic E-state index is -0.0367. The number of para-hydroxylation sites is 1. The molecule has 96 valence electrons. The minimum absolute atomic E-state index is 0.0367. The molecule has 0 aliphatic carbocycles. The molecule has 19 heavy (non-hydrogen) atoms. The van der Waals surface area contributed by atoms with Crippen LogP contribution in [0.15, 0.2) is 42.7 Å². The van der Waals surface area contributed by atoms with Gasteiger partial charge in [-0.2, -0.15) is 5.10 Å². The van der Waals surface area contributed by atoms with Gasteiger partial charge < -0.3 is 5.32 Å². The highest BCUT2D eigenvalue weighted by atomic mass is 16.1. The van der Waals surface area contributed by atoms with Crippen molar-refractivity contribution in [2.75, 3.05) is 6.54 Å². The molecule has 1 aromatic heterocycles. The van der Waals surface area contributed by atoms with E-state index < -0.39 is 0 Å². The van der Waals surface area contributed by atoms with Crippen molar-refractivity contribution in [1.82, 2.24) is 15.1 Å². The van der Waals surface area contributed by atoms with E-state index in [-0.39, 0.29) is 12.5 Å². The second-order valence-electron chi connectivity index (χ2n) is 4.11. The lowest BCUT2D eigenvalue weighted by Gasteiger charge is -2.00. The molecule has 2 rings (SSSR count). The second kappa shape index (κ2) is 6.41. The van der Waals surface area contributed by atoms with Gasteiger partial charge in [0.2, 0.25) is 5.91 Å². The number of amides is 1. The number of nitrogens with one attached hydrogen (secondary N) is 1. The van der Waals surface area contributed by atoms with Crippen molar-refractivity contribution >= 4 is 5.91 Å². The summed E-state index contributed by atoms with van der Waals surface area (Å²) in [5.74, 6) is 2.34. The first-order valence-electron chi connectivity index (χ1n) is 6.09. The number of aromatic nitrogens is 2. The molecule has 1 aromatic carbocycles. The maximum absolute atomic E-state index is 11.4. The molecule has 1 heterocycles. The van der Waals surface area contributed by atoms with Crippen LogP contribution in [0.2, 0.25) is 0 Å². The van der Waals surface area contributed by atoms with Gasteiger partial charge in [0.05, 0.1) is 18.4 Å². The molecular weight excluding hydrogens is 238 g/mol. The first-order chi connectivity index (χ1) is 9.29. The van der Waals surface area contributed by atoms with Crippen LogP contribution in [0.5, 0.6) is 0 Å². The first kappa shape index (κ1) is 12.9. The zero-order chi connectivity index (χ0) is 13.5. The Morgan fingerprint density at radius 3 is 2.89 bits per heavy atom. The Balaban J connectivity index is 1.92. The van der Waals surface area contributed by atoms with Crippen molar-refractivity contribution in [1.29, 1.82) is 0 Å². The van der Waals surface area contributed by atoms with E-state index in [4.69, 9.17) is 6.42 Å². The van der Waals surface area contributed by atoms with E-state index in [2.05, 4.69) is 16.3 Å². The van der Waals surface area contributed by atoms with Gasteiger partial charge in [-0.15, -0.1) is 6.42 Å². The van der Waals surface area contributed by atoms with Crippen molar-refractivity contribution in [3.05, 3.63) is 48.3 Å². The predicted octanol–water partition coefficient (Wildman–Crippen LogP) is 1.55. The summed E-state index contributed by atoms with van der Waals surface area (Å²) >= 11 is 0. The van der Waals surface area contributed by atoms with Gasteiger partial charge in [-0.3, -0.25) is 4.79 Å². The molecule has 0 fully saturated rings. The van der Waals surface area contributed by atoms with Crippen LogP contribution in [0.4, 0.5) is 0 Å². The molecule has 0 aliphatic heterocycles. The second-order valence-corrected chi connectivity index (χ2v) is 4.11. The van der Waals surface area contributed by atoms with Crippen LogP contribution in [0.1, 0.15) is 12.0 Å². The largest absolute Gasteiger partial charge is 0.345 e. The fourth-order valence-corrected chi connectivity index (χ4v) is 1.71. The smallest absolute Gasteiger partial charge is 0.221 e. The minimum Gasteiger partial charge on any atom is -0.345 e. The summed E-state index contributed by atoms with van der Waals surface area (Å²) in [6, 6.07) is 9.85. The normalized spacial score (nSPS) is 9.84. The number of benzene rings is 1. The molecule has 0 aliphatic rings. The van der Waals surface area contributed by atoms with Crippen LogP contribution in [-0.4, -0.2) is 22.2 Å². The Kier molecular flexibility index (Phi) is 4.35. The Bertz CT molecular complexity index is 581. The zero-order valence-corrected chi connectivity index (χ0v) is 10.5. The molecule has 0 unspecified atom stereocenters. The third kappa shape index (κ3) is 3.71. The molecule has 4 nitrogen and oxygen atoms in total. The van der Waals surface area contributed by atoms with Gasteiger partial charge in [0, 0.05) is 12.6 Å². The van der Waals surface area contributed by atoms with Gasteiger partial charge in [0.25, 0.3) is 0 Å². The summed E-state index contributed by atoms with van der Waals surface area (Å²) in [5, 5.41) is 6.92. The quantitative estimate of drug-likeness (QED) is 0.822. The summed E-state index contributed by atoms with van der Waals surface area (Å²) < 4.78 is 1.80. The van der Waals surface area contributed by atoms with Crippen molar-refractivity contribution < 1.29 is 4.79 Å². The summed E-state index contributed by atoms with van der Waals surface area (Å²) in [5.41, 5.74) is 2.03. The van der Waals surface area contributed by atoms with E-state index in [1.807, 2.05) is 36.5 Å². The highest BCUT2D eigenvalue weighted by Crippen LogP contribution is 2.08. The van der Waals surface area contributed by atoms with Crippen molar-refractivity contribution in [3.63, 3.8) is 0 Å². The predicted molar refractivity (Wildman–Crippen MR) is 73.7 cm³/mol. The number of carbonyl (C=O) groups is 1. The fourth-order valence-electron chi connectivity index (χ4n) is 1.71. The van der Waals surface area contributed by atoms with E-state index in [1.54, 1.807) is 10.9 Å². The maximum Gasteiger partial charge on any atom is 0.221 e. The first-order valence-corrected chi connectivity index (χ1v) is 6.09. The Hall–Kier alpha value is -2.54. The van der Waals surface area contributed by atoms with Crippen molar-refractivity contribution in [2.24, 2.45) is 0 Å². The summed E-state index contributed by atoms with van der Waals surface area (Å²) in [4.78, 5) is 11.4. The lowest BCUT2D eigenvalue weighted by Crippen LogP contribution is -2.23. The van der Waals surface area contributed by atoms with E-state index >= 15 is 0 Å². The molecular formula is C15H15N3O. The highest BCUT2D eigenvalue weighted by Gasteiger charge is 2.04. The topological polar surface area (TPSA) is 46.9 Å². The molecule has 0 atom stereocenters. The molecule has 0 spiro atoms. The van der Waals surface area contributed by atoms with Gasteiger partial charge in [0.15, 0.2) is 0 Å². The molecule has 0 radical (unpaired) electrons. The molecule has 0 saturated heterocycles. The SMILES string of the molecule is C#CCNC(=O)CCc1cnn(-c2ccccc2)c1. The molecule has 0 bridgehead atoms. The summed E-state index contributed by atoms with van der Waals surface area (Å²) in [7, 11) is 0. The fraction of sp³-hybridized carbons (Fsp3) is 0.200. The number of rotatable bonds is 5. The Morgan fingerprint density at radius 1 is 1.37 bits per heavy atom. The Morgan fingerprint density at radius 2 is 2.16 bits per heavy atom. The number of nitrogens with zero attached hydrogens (tertiary/aromatic N) is 2.